The SMILES string of the molecule is CC1(C)Oc2ccc(C#N)cc2C(N(CC2=NCCO2)c2ccccc2)[C@H]1O. The molecular weight excluding hydrogens is 354 g/mol. The third kappa shape index (κ3) is 3.30. The molecule has 0 aromatic heterocycles. The molecule has 4 rings (SSSR count). The number of aliphatic hydroxyl groups is 1. The zero-order chi connectivity index (χ0) is 19.7. The Labute approximate surface area is 164 Å². The highest BCUT2D eigenvalue weighted by Gasteiger charge is 2.46. The summed E-state index contributed by atoms with van der Waals surface area (Å²) < 4.78 is 11.7. The van der Waals surface area contributed by atoms with E-state index in [2.05, 4.69) is 16.0 Å². The highest BCUT2D eigenvalue weighted by Crippen LogP contribution is 2.44. The Kier molecular flexibility index (Phi) is 4.70. The average molecular weight is 377 g/mol. The van der Waals surface area contributed by atoms with Crippen LogP contribution in [-0.4, -0.2) is 42.4 Å². The number of aliphatic hydroxyl groups excluding tert-OH is 1. The zero-order valence-corrected chi connectivity index (χ0v) is 16.0. The molecule has 0 spiro atoms. The molecular formula is C22H23N3O3. The van der Waals surface area contributed by atoms with Crippen LogP contribution in [0.15, 0.2) is 53.5 Å². The third-order valence-electron chi connectivity index (χ3n) is 5.22. The quantitative estimate of drug-likeness (QED) is 0.886. The number of benzene rings is 2. The molecule has 0 saturated heterocycles. The monoisotopic (exact) mass is 377 g/mol. The van der Waals surface area contributed by atoms with Crippen molar-refractivity contribution in [1.82, 2.24) is 0 Å². The van der Waals surface area contributed by atoms with Crippen LogP contribution in [0.25, 0.3) is 0 Å². The topological polar surface area (TPSA) is 78.1 Å². The molecule has 2 aliphatic rings. The molecule has 1 unspecified atom stereocenters. The molecule has 6 heteroatoms. The van der Waals surface area contributed by atoms with Gasteiger partial charge in [0.15, 0.2) is 0 Å². The molecule has 1 N–H and O–H groups in total. The minimum absolute atomic E-state index is 0.415. The number of para-hydroxylation sites is 1. The van der Waals surface area contributed by atoms with Crippen molar-refractivity contribution in [3.05, 3.63) is 59.7 Å². The molecule has 2 aliphatic heterocycles. The van der Waals surface area contributed by atoms with Crippen LogP contribution in [-0.2, 0) is 4.74 Å². The predicted molar refractivity (Wildman–Crippen MR) is 107 cm³/mol. The number of fused-ring (bicyclic) bond motifs is 1. The summed E-state index contributed by atoms with van der Waals surface area (Å²) in [6, 6.07) is 17.0. The lowest BCUT2D eigenvalue weighted by Crippen LogP contribution is -2.54. The lowest BCUT2D eigenvalue weighted by molar-refractivity contribution is -0.0583. The van der Waals surface area contributed by atoms with Crippen LogP contribution in [0.3, 0.4) is 0 Å². The maximum atomic E-state index is 11.3. The fourth-order valence-electron chi connectivity index (χ4n) is 3.76. The Hall–Kier alpha value is -3.04. The summed E-state index contributed by atoms with van der Waals surface area (Å²) in [5.41, 5.74) is 1.46. The molecule has 2 aromatic carbocycles. The molecule has 0 radical (unpaired) electrons. The van der Waals surface area contributed by atoms with Gasteiger partial charge < -0.3 is 19.5 Å². The van der Waals surface area contributed by atoms with Gasteiger partial charge in [0.1, 0.15) is 24.1 Å². The molecule has 0 bridgehead atoms. The number of hydrogen-bond donors (Lipinski definition) is 1. The van der Waals surface area contributed by atoms with Crippen molar-refractivity contribution in [3.8, 4) is 11.8 Å². The van der Waals surface area contributed by atoms with Gasteiger partial charge in [-0.3, -0.25) is 4.99 Å². The van der Waals surface area contributed by atoms with Crippen molar-refractivity contribution < 1.29 is 14.6 Å². The van der Waals surface area contributed by atoms with E-state index in [1.54, 1.807) is 18.2 Å². The van der Waals surface area contributed by atoms with Crippen LogP contribution in [0.5, 0.6) is 5.75 Å². The largest absolute Gasteiger partial charge is 0.485 e. The number of rotatable bonds is 4. The molecule has 0 fully saturated rings. The standard InChI is InChI=1S/C22H23N3O3/c1-22(2)21(26)20(17-12-15(13-23)8-9-18(17)28-22)25(14-19-24-10-11-27-19)16-6-4-3-5-7-16/h3-9,12,20-21,26H,10-11,14H2,1-2H3/t20?,21-/m1/s1. The number of aliphatic imine (C=N–C) groups is 1. The summed E-state index contributed by atoms with van der Waals surface area (Å²) in [6.45, 7) is 5.40. The van der Waals surface area contributed by atoms with E-state index in [1.165, 1.54) is 0 Å². The van der Waals surface area contributed by atoms with Crippen LogP contribution >= 0.6 is 0 Å². The summed E-state index contributed by atoms with van der Waals surface area (Å²) in [7, 11) is 0. The summed E-state index contributed by atoms with van der Waals surface area (Å²) in [5.74, 6) is 1.33. The lowest BCUT2D eigenvalue weighted by atomic mass is 9.84. The maximum absolute atomic E-state index is 11.3. The number of nitriles is 1. The van der Waals surface area contributed by atoms with Crippen molar-refractivity contribution in [2.75, 3.05) is 24.6 Å². The molecule has 2 atom stereocenters. The molecule has 0 saturated carbocycles. The first-order chi connectivity index (χ1) is 13.5. The molecule has 2 heterocycles. The highest BCUT2D eigenvalue weighted by atomic mass is 16.5. The fourth-order valence-corrected chi connectivity index (χ4v) is 3.76. The minimum Gasteiger partial charge on any atom is -0.485 e. The van der Waals surface area contributed by atoms with Crippen LogP contribution in [0.2, 0.25) is 0 Å². The van der Waals surface area contributed by atoms with Gasteiger partial charge in [-0.05, 0) is 44.2 Å². The van der Waals surface area contributed by atoms with E-state index in [1.807, 2.05) is 44.2 Å². The second kappa shape index (κ2) is 7.17. The lowest BCUT2D eigenvalue weighted by Gasteiger charge is -2.47. The Morgan fingerprint density at radius 3 is 2.71 bits per heavy atom. The van der Waals surface area contributed by atoms with Gasteiger partial charge in [-0.2, -0.15) is 5.26 Å². The Morgan fingerprint density at radius 2 is 2.04 bits per heavy atom. The minimum atomic E-state index is -0.823. The second-order valence-electron chi connectivity index (χ2n) is 7.55. The summed E-state index contributed by atoms with van der Waals surface area (Å²) in [5, 5.41) is 20.7. The zero-order valence-electron chi connectivity index (χ0n) is 16.0. The molecule has 0 aliphatic carbocycles. The summed E-state index contributed by atoms with van der Waals surface area (Å²) >= 11 is 0. The summed E-state index contributed by atoms with van der Waals surface area (Å²) in [4.78, 5) is 6.52. The number of nitrogens with zero attached hydrogens (tertiary/aromatic N) is 3. The van der Waals surface area contributed by atoms with Crippen molar-refractivity contribution in [2.45, 2.75) is 31.6 Å². The smallest absolute Gasteiger partial charge is 0.203 e. The maximum Gasteiger partial charge on any atom is 0.203 e. The molecule has 0 amide bonds. The molecule has 144 valence electrons. The van der Waals surface area contributed by atoms with Crippen LogP contribution in [0.4, 0.5) is 5.69 Å². The van der Waals surface area contributed by atoms with Gasteiger partial charge >= 0.3 is 0 Å². The van der Waals surface area contributed by atoms with Gasteiger partial charge in [0.05, 0.1) is 30.8 Å². The van der Waals surface area contributed by atoms with E-state index >= 15 is 0 Å². The molecule has 28 heavy (non-hydrogen) atoms. The predicted octanol–water partition coefficient (Wildman–Crippen LogP) is 3.07. The first kappa shape index (κ1) is 18.3. The van der Waals surface area contributed by atoms with Crippen molar-refractivity contribution in [2.24, 2.45) is 4.99 Å². The van der Waals surface area contributed by atoms with E-state index in [9.17, 15) is 10.4 Å². The van der Waals surface area contributed by atoms with Crippen LogP contribution in [0, 0.1) is 11.3 Å². The fraction of sp³-hybridized carbons (Fsp3) is 0.364. The third-order valence-corrected chi connectivity index (χ3v) is 5.22. The van der Waals surface area contributed by atoms with Gasteiger partial charge in [-0.1, -0.05) is 18.2 Å². The Balaban J connectivity index is 1.85. The van der Waals surface area contributed by atoms with Crippen LogP contribution in [0.1, 0.15) is 31.0 Å². The first-order valence-corrected chi connectivity index (χ1v) is 9.38. The number of anilines is 1. The Bertz CT molecular complexity index is 934. The first-order valence-electron chi connectivity index (χ1n) is 9.38. The van der Waals surface area contributed by atoms with Gasteiger partial charge in [0, 0.05) is 11.3 Å². The van der Waals surface area contributed by atoms with Gasteiger partial charge in [0.2, 0.25) is 5.90 Å². The second-order valence-corrected chi connectivity index (χ2v) is 7.55. The average Bonchev–Trinajstić information content (AvgIpc) is 3.21. The van der Waals surface area contributed by atoms with Gasteiger partial charge in [-0.25, -0.2) is 0 Å². The van der Waals surface area contributed by atoms with Crippen LogP contribution < -0.4 is 9.64 Å². The van der Waals surface area contributed by atoms with Gasteiger partial charge in [0.25, 0.3) is 0 Å². The van der Waals surface area contributed by atoms with Crippen molar-refractivity contribution in [1.29, 1.82) is 5.26 Å². The van der Waals surface area contributed by atoms with E-state index in [4.69, 9.17) is 9.47 Å². The van der Waals surface area contributed by atoms with E-state index < -0.39 is 17.7 Å². The van der Waals surface area contributed by atoms with Crippen molar-refractivity contribution in [3.63, 3.8) is 0 Å². The Morgan fingerprint density at radius 1 is 1.25 bits per heavy atom. The van der Waals surface area contributed by atoms with Crippen molar-refractivity contribution >= 4 is 11.6 Å². The molecule has 6 nitrogen and oxygen atoms in total. The normalized spacial score (nSPS) is 22.3. The number of ether oxygens (including phenoxy) is 2. The van der Waals surface area contributed by atoms with E-state index in [0.717, 1.165) is 11.3 Å². The molecule has 2 aromatic rings. The van der Waals surface area contributed by atoms with E-state index in [-0.39, 0.29) is 0 Å². The highest BCUT2D eigenvalue weighted by molar-refractivity contribution is 5.83. The van der Waals surface area contributed by atoms with Gasteiger partial charge in [-0.15, -0.1) is 0 Å². The van der Waals surface area contributed by atoms with E-state index in [0.29, 0.717) is 36.9 Å². The summed E-state index contributed by atoms with van der Waals surface area (Å²) in [6.07, 6.45) is -0.823. The number of hydrogen-bond acceptors (Lipinski definition) is 6.